The van der Waals surface area contributed by atoms with Crippen LogP contribution in [0.15, 0.2) is 52.7 Å². The van der Waals surface area contributed by atoms with Gasteiger partial charge in [-0.2, -0.15) is 0 Å². The van der Waals surface area contributed by atoms with Gasteiger partial charge in [0.1, 0.15) is 22.1 Å². The standard InChI is InChI=1S/C22H22N8O4S2/c23-9-13-4-2-1-3-12(13)5-7-16(31)24-18-20(32)29-19(22(33)34)14(11-36-21(18)29)10-35-17-8-6-15-25-27-28-30(15)26-17/h1-4,6,8,18,21H,5,7,9-11,23H2,(H,24,31)(H,33,34)/t18?,21-/m0/s1. The Bertz CT molecular complexity index is 1380. The van der Waals surface area contributed by atoms with Gasteiger partial charge in [0.25, 0.3) is 5.91 Å². The number of nitrogens with zero attached hydrogens (tertiary/aromatic N) is 6. The number of benzene rings is 1. The molecule has 1 saturated heterocycles. The van der Waals surface area contributed by atoms with E-state index in [0.717, 1.165) is 11.1 Å². The highest BCUT2D eigenvalue weighted by atomic mass is 32.2. The van der Waals surface area contributed by atoms with E-state index in [1.54, 1.807) is 12.1 Å². The molecule has 1 fully saturated rings. The van der Waals surface area contributed by atoms with Crippen molar-refractivity contribution < 1.29 is 19.5 Å². The molecule has 0 aliphatic carbocycles. The fraction of sp³-hybridized carbons (Fsp3) is 0.318. The van der Waals surface area contributed by atoms with Crippen LogP contribution < -0.4 is 11.1 Å². The predicted octanol–water partition coefficient (Wildman–Crippen LogP) is 0.442. The zero-order valence-electron chi connectivity index (χ0n) is 18.9. The summed E-state index contributed by atoms with van der Waals surface area (Å²) in [7, 11) is 0. The Kier molecular flexibility index (Phi) is 6.89. The van der Waals surface area contributed by atoms with Crippen LogP contribution in [0.1, 0.15) is 17.5 Å². The molecule has 14 heteroatoms. The van der Waals surface area contributed by atoms with E-state index in [1.807, 2.05) is 24.3 Å². The summed E-state index contributed by atoms with van der Waals surface area (Å²) in [6.07, 6.45) is 0.716. The average molecular weight is 527 g/mol. The van der Waals surface area contributed by atoms with Crippen molar-refractivity contribution in [3.8, 4) is 0 Å². The van der Waals surface area contributed by atoms with Crippen molar-refractivity contribution in [3.05, 3.63) is 58.8 Å². The fourth-order valence-corrected chi connectivity index (χ4v) is 6.50. The number of carboxylic acid groups (broad SMARTS) is 1. The Hall–Kier alpha value is -3.49. The number of thioether (sulfide) groups is 2. The maximum atomic E-state index is 12.9. The molecule has 2 atom stereocenters. The van der Waals surface area contributed by atoms with Crippen molar-refractivity contribution in [1.82, 2.24) is 35.5 Å². The molecule has 4 N–H and O–H groups in total. The van der Waals surface area contributed by atoms with Crippen LogP contribution in [-0.4, -0.2) is 76.0 Å². The quantitative estimate of drug-likeness (QED) is 0.261. The minimum absolute atomic E-state index is 0.0258. The Morgan fingerprint density at radius 1 is 1.22 bits per heavy atom. The number of carboxylic acids is 1. The highest BCUT2D eigenvalue weighted by molar-refractivity contribution is 8.01. The van der Waals surface area contributed by atoms with Gasteiger partial charge in [0.05, 0.1) is 0 Å². The lowest BCUT2D eigenvalue weighted by Crippen LogP contribution is -2.70. The lowest BCUT2D eigenvalue weighted by molar-refractivity contribution is -0.150. The summed E-state index contributed by atoms with van der Waals surface area (Å²) < 4.78 is 1.29. The van der Waals surface area contributed by atoms with Gasteiger partial charge in [-0.3, -0.25) is 14.5 Å². The first-order chi connectivity index (χ1) is 17.5. The number of nitrogens with one attached hydrogen (secondary N) is 1. The van der Waals surface area contributed by atoms with E-state index in [0.29, 0.717) is 40.7 Å². The van der Waals surface area contributed by atoms with Gasteiger partial charge in [-0.25, -0.2) is 4.79 Å². The van der Waals surface area contributed by atoms with Gasteiger partial charge in [0, 0.05) is 24.5 Å². The number of amides is 2. The summed E-state index contributed by atoms with van der Waals surface area (Å²) in [5, 5.41) is 28.2. The maximum absolute atomic E-state index is 12.9. The number of aryl methyl sites for hydroxylation is 1. The molecule has 0 radical (unpaired) electrons. The van der Waals surface area contributed by atoms with Gasteiger partial charge in [0.2, 0.25) is 5.91 Å². The molecule has 2 aliphatic rings. The first-order valence-corrected chi connectivity index (χ1v) is 13.1. The Labute approximate surface area is 213 Å². The van der Waals surface area contributed by atoms with Crippen LogP contribution in [0, 0.1) is 0 Å². The zero-order valence-corrected chi connectivity index (χ0v) is 20.5. The smallest absolute Gasteiger partial charge is 0.352 e. The second-order valence-corrected chi connectivity index (χ2v) is 10.3. The van der Waals surface area contributed by atoms with Crippen molar-refractivity contribution in [3.63, 3.8) is 0 Å². The molecule has 1 unspecified atom stereocenters. The molecule has 186 valence electrons. The minimum Gasteiger partial charge on any atom is -0.477 e. The van der Waals surface area contributed by atoms with Crippen LogP contribution in [0.3, 0.4) is 0 Å². The normalized spacial score (nSPS) is 19.2. The molecule has 3 aromatic rings. The Morgan fingerprint density at radius 2 is 2.03 bits per heavy atom. The van der Waals surface area contributed by atoms with Gasteiger partial charge < -0.3 is 16.2 Å². The van der Waals surface area contributed by atoms with E-state index in [9.17, 15) is 19.5 Å². The molecule has 2 aromatic heterocycles. The second kappa shape index (κ2) is 10.2. The largest absolute Gasteiger partial charge is 0.477 e. The van der Waals surface area contributed by atoms with Crippen LogP contribution in [0.2, 0.25) is 0 Å². The highest BCUT2D eigenvalue weighted by Gasteiger charge is 2.54. The number of rotatable bonds is 9. The lowest BCUT2D eigenvalue weighted by Gasteiger charge is -2.49. The molecule has 0 spiro atoms. The predicted molar refractivity (Wildman–Crippen MR) is 132 cm³/mol. The zero-order chi connectivity index (χ0) is 25.2. The molecule has 12 nitrogen and oxygen atoms in total. The number of β-lactam (4-membered cyclic amide) rings is 1. The lowest BCUT2D eigenvalue weighted by atomic mass is 10.0. The van der Waals surface area contributed by atoms with Gasteiger partial charge >= 0.3 is 5.97 Å². The second-order valence-electron chi connectivity index (χ2n) is 8.17. The number of fused-ring (bicyclic) bond motifs is 2. The number of carbonyl (C=O) groups excluding carboxylic acids is 2. The highest BCUT2D eigenvalue weighted by Crippen LogP contribution is 2.41. The number of aliphatic carboxylic acids is 1. The van der Waals surface area contributed by atoms with Crippen molar-refractivity contribution in [2.45, 2.75) is 35.8 Å². The van der Waals surface area contributed by atoms with Crippen LogP contribution >= 0.6 is 23.5 Å². The number of tetrazole rings is 1. The van der Waals surface area contributed by atoms with E-state index in [-0.39, 0.29) is 18.0 Å². The molecule has 0 bridgehead atoms. The van der Waals surface area contributed by atoms with Crippen molar-refractivity contribution >= 4 is 47.0 Å². The summed E-state index contributed by atoms with van der Waals surface area (Å²) in [5.41, 5.74) is 8.83. The first-order valence-electron chi connectivity index (χ1n) is 11.1. The third kappa shape index (κ3) is 4.66. The summed E-state index contributed by atoms with van der Waals surface area (Å²) in [4.78, 5) is 38.8. The summed E-state index contributed by atoms with van der Waals surface area (Å²) in [5.74, 6) is -1.09. The van der Waals surface area contributed by atoms with E-state index in [2.05, 4.69) is 25.9 Å². The van der Waals surface area contributed by atoms with Crippen LogP contribution in [0.25, 0.3) is 5.65 Å². The fourth-order valence-electron chi connectivity index (χ4n) is 4.16. The molecule has 36 heavy (non-hydrogen) atoms. The van der Waals surface area contributed by atoms with E-state index >= 15 is 0 Å². The molecular formula is C22H22N8O4S2. The van der Waals surface area contributed by atoms with Crippen LogP contribution in [0.4, 0.5) is 0 Å². The Balaban J connectivity index is 1.22. The summed E-state index contributed by atoms with van der Waals surface area (Å²) in [6.45, 7) is 0.389. The number of carbonyl (C=O) groups is 3. The molecule has 5 rings (SSSR count). The molecule has 4 heterocycles. The topological polar surface area (TPSA) is 169 Å². The average Bonchev–Trinajstić information content (AvgIpc) is 3.36. The van der Waals surface area contributed by atoms with Crippen LogP contribution in [-0.2, 0) is 27.3 Å². The molecule has 2 aliphatic heterocycles. The van der Waals surface area contributed by atoms with Crippen LogP contribution in [0.5, 0.6) is 0 Å². The third-order valence-electron chi connectivity index (χ3n) is 5.97. The monoisotopic (exact) mass is 526 g/mol. The first kappa shape index (κ1) is 24.2. The number of nitrogens with two attached hydrogens (primary N) is 1. The SMILES string of the molecule is NCc1ccccc1CCC(=O)NC1C(=O)N2C(C(=O)O)=C(CSc3ccc4nnnn4n3)CS[C@@H]12. The molecule has 1 aromatic carbocycles. The van der Waals surface area contributed by atoms with Gasteiger partial charge in [-0.1, -0.05) is 24.3 Å². The number of hydrogen-bond acceptors (Lipinski definition) is 10. The van der Waals surface area contributed by atoms with Gasteiger partial charge in [0.15, 0.2) is 5.65 Å². The Morgan fingerprint density at radius 3 is 2.81 bits per heavy atom. The molecular weight excluding hydrogens is 504 g/mol. The molecule has 2 amide bonds. The number of aromatic nitrogens is 5. The number of hydrogen-bond donors (Lipinski definition) is 3. The van der Waals surface area contributed by atoms with E-state index in [1.165, 1.54) is 33.1 Å². The van der Waals surface area contributed by atoms with E-state index in [4.69, 9.17) is 5.73 Å². The van der Waals surface area contributed by atoms with Gasteiger partial charge in [-0.15, -0.1) is 38.4 Å². The molecule has 0 saturated carbocycles. The van der Waals surface area contributed by atoms with Crippen molar-refractivity contribution in [2.24, 2.45) is 5.73 Å². The maximum Gasteiger partial charge on any atom is 0.352 e. The van der Waals surface area contributed by atoms with Gasteiger partial charge in [-0.05, 0) is 45.7 Å². The third-order valence-corrected chi connectivity index (χ3v) is 8.31. The van der Waals surface area contributed by atoms with Crippen molar-refractivity contribution in [2.75, 3.05) is 11.5 Å². The summed E-state index contributed by atoms with van der Waals surface area (Å²) in [6, 6.07) is 10.4. The summed E-state index contributed by atoms with van der Waals surface area (Å²) >= 11 is 2.77. The van der Waals surface area contributed by atoms with E-state index < -0.39 is 23.3 Å². The minimum atomic E-state index is -1.17. The van der Waals surface area contributed by atoms with Crippen molar-refractivity contribution in [1.29, 1.82) is 0 Å².